The van der Waals surface area contributed by atoms with Gasteiger partial charge in [-0.25, -0.2) is 4.79 Å². The van der Waals surface area contributed by atoms with E-state index in [1.54, 1.807) is 33.8 Å². The van der Waals surface area contributed by atoms with Crippen LogP contribution in [0.3, 0.4) is 0 Å². The van der Waals surface area contributed by atoms with Gasteiger partial charge in [-0.3, -0.25) is 14.5 Å². The summed E-state index contributed by atoms with van der Waals surface area (Å²) in [6.45, 7) is 7.01. The molecule has 0 radical (unpaired) electrons. The van der Waals surface area contributed by atoms with Gasteiger partial charge < -0.3 is 14.8 Å². The average Bonchev–Trinajstić information content (AvgIpc) is 2.66. The van der Waals surface area contributed by atoms with E-state index in [1.165, 1.54) is 4.90 Å². The molecule has 0 saturated carbocycles. The molecule has 0 bridgehead atoms. The average molecular weight is 362 g/mol. The highest BCUT2D eigenvalue weighted by Gasteiger charge is 2.33. The highest BCUT2D eigenvalue weighted by atomic mass is 16.6. The molecule has 1 aliphatic heterocycles. The Bertz CT molecular complexity index is 681. The van der Waals surface area contributed by atoms with E-state index in [0.717, 1.165) is 5.56 Å². The van der Waals surface area contributed by atoms with Gasteiger partial charge in [-0.15, -0.1) is 0 Å². The molecule has 1 atom stereocenters. The van der Waals surface area contributed by atoms with Crippen molar-refractivity contribution in [1.82, 2.24) is 5.32 Å². The first-order valence-electron chi connectivity index (χ1n) is 8.75. The maximum Gasteiger partial charge on any atom is 0.408 e. The predicted octanol–water partition coefficient (Wildman–Crippen LogP) is 2.42. The number of amides is 2. The minimum Gasteiger partial charge on any atom is -0.465 e. The lowest BCUT2D eigenvalue weighted by molar-refractivity contribution is -0.142. The van der Waals surface area contributed by atoms with Crippen molar-refractivity contribution >= 4 is 23.7 Å². The largest absolute Gasteiger partial charge is 0.465 e. The standard InChI is InChI=1S/C19H26N2O5/c1-5-25-16(22)12-21-15-9-7-6-8-13(15)10-11-14(17(21)23)20-18(24)26-19(2,3)4/h6-9,14H,5,10-12H2,1-4H3,(H,20,24)/t14-/m0/s1. The Morgan fingerprint density at radius 2 is 1.96 bits per heavy atom. The first-order valence-corrected chi connectivity index (χ1v) is 8.75. The van der Waals surface area contributed by atoms with Gasteiger partial charge in [0.1, 0.15) is 18.2 Å². The number of alkyl carbamates (subject to hydrolysis) is 1. The fraction of sp³-hybridized carbons (Fsp3) is 0.526. The molecule has 1 N–H and O–H groups in total. The van der Waals surface area contributed by atoms with Crippen molar-refractivity contribution in [2.75, 3.05) is 18.1 Å². The molecule has 0 unspecified atom stereocenters. The number of anilines is 1. The summed E-state index contributed by atoms with van der Waals surface area (Å²) in [4.78, 5) is 38.4. The lowest BCUT2D eigenvalue weighted by Crippen LogP contribution is -2.50. The predicted molar refractivity (Wildman–Crippen MR) is 96.9 cm³/mol. The van der Waals surface area contributed by atoms with Crippen molar-refractivity contribution in [3.8, 4) is 0 Å². The van der Waals surface area contributed by atoms with Crippen LogP contribution in [0, 0.1) is 0 Å². The molecule has 1 aromatic rings. The fourth-order valence-electron chi connectivity index (χ4n) is 2.80. The molecule has 142 valence electrons. The number of benzene rings is 1. The summed E-state index contributed by atoms with van der Waals surface area (Å²) in [5.74, 6) is -0.845. The Morgan fingerprint density at radius 3 is 2.62 bits per heavy atom. The third-order valence-electron chi connectivity index (χ3n) is 3.83. The summed E-state index contributed by atoms with van der Waals surface area (Å²) in [6.07, 6.45) is 0.369. The van der Waals surface area contributed by atoms with E-state index in [2.05, 4.69) is 5.32 Å². The molecule has 0 saturated heterocycles. The number of para-hydroxylation sites is 1. The third-order valence-corrected chi connectivity index (χ3v) is 3.83. The maximum atomic E-state index is 13.0. The molecular formula is C19H26N2O5. The number of carbonyl (C=O) groups excluding carboxylic acids is 3. The van der Waals surface area contributed by atoms with Crippen LogP contribution in [0.1, 0.15) is 39.7 Å². The second-order valence-electron chi connectivity index (χ2n) is 7.10. The zero-order valence-electron chi connectivity index (χ0n) is 15.7. The zero-order chi connectivity index (χ0) is 19.3. The Kier molecular flexibility index (Phi) is 6.23. The topological polar surface area (TPSA) is 84.9 Å². The van der Waals surface area contributed by atoms with Crippen molar-refractivity contribution in [3.05, 3.63) is 29.8 Å². The molecule has 0 spiro atoms. The van der Waals surface area contributed by atoms with Crippen LogP contribution in [-0.4, -0.2) is 42.8 Å². The van der Waals surface area contributed by atoms with E-state index in [1.807, 2.05) is 18.2 Å². The van der Waals surface area contributed by atoms with E-state index < -0.39 is 23.7 Å². The number of esters is 1. The number of aryl methyl sites for hydroxylation is 1. The molecule has 2 rings (SSSR count). The molecule has 0 aromatic heterocycles. The van der Waals surface area contributed by atoms with Gasteiger partial charge in [-0.1, -0.05) is 18.2 Å². The third kappa shape index (κ3) is 5.21. The number of ether oxygens (including phenoxy) is 2. The number of fused-ring (bicyclic) bond motifs is 1. The first kappa shape index (κ1) is 19.8. The maximum absolute atomic E-state index is 13.0. The Labute approximate surface area is 153 Å². The Morgan fingerprint density at radius 1 is 1.27 bits per heavy atom. The first-order chi connectivity index (χ1) is 12.2. The summed E-state index contributed by atoms with van der Waals surface area (Å²) in [5.41, 5.74) is 0.948. The lowest BCUT2D eigenvalue weighted by atomic mass is 10.1. The summed E-state index contributed by atoms with van der Waals surface area (Å²) in [5, 5.41) is 2.63. The highest BCUT2D eigenvalue weighted by Crippen LogP contribution is 2.27. The number of carbonyl (C=O) groups is 3. The minimum absolute atomic E-state index is 0.198. The van der Waals surface area contributed by atoms with Crippen LogP contribution in [-0.2, 0) is 25.5 Å². The van der Waals surface area contributed by atoms with Crippen LogP contribution in [0.4, 0.5) is 10.5 Å². The smallest absolute Gasteiger partial charge is 0.408 e. The van der Waals surface area contributed by atoms with Crippen LogP contribution < -0.4 is 10.2 Å². The number of nitrogens with one attached hydrogen (secondary N) is 1. The molecule has 1 aliphatic rings. The van der Waals surface area contributed by atoms with Crippen molar-refractivity contribution in [2.45, 2.75) is 52.2 Å². The quantitative estimate of drug-likeness (QED) is 0.832. The summed E-state index contributed by atoms with van der Waals surface area (Å²) >= 11 is 0. The molecule has 7 heteroatoms. The van der Waals surface area contributed by atoms with Gasteiger partial charge in [-0.2, -0.15) is 0 Å². The molecular weight excluding hydrogens is 336 g/mol. The molecule has 0 aliphatic carbocycles. The molecule has 1 heterocycles. The van der Waals surface area contributed by atoms with Crippen molar-refractivity contribution in [2.24, 2.45) is 0 Å². The summed E-state index contributed by atoms with van der Waals surface area (Å²) in [6, 6.07) is 6.63. The lowest BCUT2D eigenvalue weighted by Gasteiger charge is -2.26. The molecule has 2 amide bonds. The monoisotopic (exact) mass is 362 g/mol. The van der Waals surface area contributed by atoms with Gasteiger partial charge in [-0.05, 0) is 52.2 Å². The highest BCUT2D eigenvalue weighted by molar-refractivity contribution is 6.03. The second-order valence-corrected chi connectivity index (χ2v) is 7.10. The number of nitrogens with zero attached hydrogens (tertiary/aromatic N) is 1. The van der Waals surface area contributed by atoms with E-state index in [0.29, 0.717) is 18.5 Å². The normalized spacial score (nSPS) is 17.2. The van der Waals surface area contributed by atoms with Crippen molar-refractivity contribution in [3.63, 3.8) is 0 Å². The molecule has 1 aromatic carbocycles. The zero-order valence-corrected chi connectivity index (χ0v) is 15.7. The SMILES string of the molecule is CCOC(=O)CN1C(=O)[C@@H](NC(=O)OC(C)(C)C)CCc2ccccc21. The van der Waals surface area contributed by atoms with E-state index in [9.17, 15) is 14.4 Å². The van der Waals surface area contributed by atoms with E-state index >= 15 is 0 Å². The van der Waals surface area contributed by atoms with Gasteiger partial charge in [0.2, 0.25) is 5.91 Å². The number of rotatable bonds is 4. The van der Waals surface area contributed by atoms with Gasteiger partial charge in [0, 0.05) is 5.69 Å². The van der Waals surface area contributed by atoms with Crippen LogP contribution >= 0.6 is 0 Å². The second kappa shape index (κ2) is 8.21. The summed E-state index contributed by atoms with van der Waals surface area (Å²) < 4.78 is 10.2. The van der Waals surface area contributed by atoms with Gasteiger partial charge in [0.15, 0.2) is 0 Å². The van der Waals surface area contributed by atoms with Crippen LogP contribution in [0.2, 0.25) is 0 Å². The molecule has 0 fully saturated rings. The van der Waals surface area contributed by atoms with Crippen molar-refractivity contribution < 1.29 is 23.9 Å². The van der Waals surface area contributed by atoms with Crippen molar-refractivity contribution in [1.29, 1.82) is 0 Å². The van der Waals surface area contributed by atoms with E-state index in [-0.39, 0.29) is 19.1 Å². The number of hydrogen-bond donors (Lipinski definition) is 1. The van der Waals surface area contributed by atoms with Crippen LogP contribution in [0.15, 0.2) is 24.3 Å². The Hall–Kier alpha value is -2.57. The van der Waals surface area contributed by atoms with Crippen LogP contribution in [0.25, 0.3) is 0 Å². The minimum atomic E-state index is -0.772. The van der Waals surface area contributed by atoms with E-state index in [4.69, 9.17) is 9.47 Å². The van der Waals surface area contributed by atoms with Gasteiger partial charge >= 0.3 is 12.1 Å². The molecule has 7 nitrogen and oxygen atoms in total. The fourth-order valence-corrected chi connectivity index (χ4v) is 2.80. The number of hydrogen-bond acceptors (Lipinski definition) is 5. The van der Waals surface area contributed by atoms with Crippen LogP contribution in [0.5, 0.6) is 0 Å². The Balaban J connectivity index is 2.23. The van der Waals surface area contributed by atoms with Gasteiger partial charge in [0.25, 0.3) is 0 Å². The summed E-state index contributed by atoms with van der Waals surface area (Å²) in [7, 11) is 0. The molecule has 26 heavy (non-hydrogen) atoms. The van der Waals surface area contributed by atoms with Gasteiger partial charge in [0.05, 0.1) is 6.61 Å².